The molecule has 1 heterocycles. The fourth-order valence-corrected chi connectivity index (χ4v) is 3.03. The maximum absolute atomic E-state index is 12.1. The van der Waals surface area contributed by atoms with Gasteiger partial charge in [0.15, 0.2) is 5.96 Å². The maximum Gasteiger partial charge on any atom is 0.189 e. The number of carbonyl (C=O) groups is 1. The number of pyridine rings is 1. The Hall–Kier alpha value is -3.20. The lowest BCUT2D eigenvalue weighted by molar-refractivity contribution is -0.114. The van der Waals surface area contributed by atoms with Crippen molar-refractivity contribution in [2.45, 2.75) is 18.4 Å². The molecule has 1 aromatic heterocycles. The van der Waals surface area contributed by atoms with Gasteiger partial charge in [-0.1, -0.05) is 18.2 Å². The summed E-state index contributed by atoms with van der Waals surface area (Å²) in [6, 6.07) is 11.5. The van der Waals surface area contributed by atoms with Crippen molar-refractivity contribution in [2.24, 2.45) is 5.92 Å². The van der Waals surface area contributed by atoms with Gasteiger partial charge in [-0.05, 0) is 42.0 Å². The number of hydrogen-bond acceptors (Lipinski definition) is 4. The van der Waals surface area contributed by atoms with Crippen molar-refractivity contribution >= 4 is 12.2 Å². The molecule has 1 aromatic carbocycles. The summed E-state index contributed by atoms with van der Waals surface area (Å²) in [4.78, 5) is 16.2. The van der Waals surface area contributed by atoms with Crippen molar-refractivity contribution in [1.29, 1.82) is 10.7 Å². The van der Waals surface area contributed by atoms with E-state index in [4.69, 9.17) is 10.7 Å². The van der Waals surface area contributed by atoms with E-state index < -0.39 is 5.54 Å². The summed E-state index contributed by atoms with van der Waals surface area (Å²) in [5, 5.41) is 22.8. The molecule has 0 bridgehead atoms. The smallest absolute Gasteiger partial charge is 0.189 e. The Labute approximate surface area is 146 Å². The Morgan fingerprint density at radius 3 is 2.80 bits per heavy atom. The molecule has 0 amide bonds. The zero-order valence-corrected chi connectivity index (χ0v) is 13.9. The number of hydrogen-bond donors (Lipinski definition) is 3. The van der Waals surface area contributed by atoms with Gasteiger partial charge in [0.2, 0.25) is 0 Å². The first-order chi connectivity index (χ1) is 12.1. The van der Waals surface area contributed by atoms with Crippen LogP contribution >= 0.6 is 0 Å². The van der Waals surface area contributed by atoms with Gasteiger partial charge in [0, 0.05) is 25.0 Å². The molecule has 1 fully saturated rings. The Kier molecular flexibility index (Phi) is 4.48. The van der Waals surface area contributed by atoms with E-state index >= 15 is 0 Å². The van der Waals surface area contributed by atoms with Crippen LogP contribution in [0.1, 0.15) is 24.0 Å². The molecule has 1 aliphatic rings. The van der Waals surface area contributed by atoms with E-state index in [1.54, 1.807) is 19.3 Å². The number of aldehydes is 1. The fraction of sp³-hybridized carbons (Fsp3) is 0.263. The first kappa shape index (κ1) is 16.7. The van der Waals surface area contributed by atoms with E-state index in [1.807, 2.05) is 24.3 Å². The first-order valence-electron chi connectivity index (χ1n) is 8.10. The Morgan fingerprint density at radius 1 is 1.36 bits per heavy atom. The SMILES string of the molecule is CNC(=N)NC(C=O)(c1cccc(-c2cncc(C#N)c2)c1)C1CC1. The molecule has 6 heteroatoms. The lowest BCUT2D eigenvalue weighted by atomic mass is 9.85. The van der Waals surface area contributed by atoms with Crippen LogP contribution in [-0.4, -0.2) is 24.3 Å². The van der Waals surface area contributed by atoms with Gasteiger partial charge in [-0.2, -0.15) is 5.26 Å². The van der Waals surface area contributed by atoms with Crippen LogP contribution in [-0.2, 0) is 10.3 Å². The van der Waals surface area contributed by atoms with Gasteiger partial charge in [-0.3, -0.25) is 10.4 Å². The average molecular weight is 333 g/mol. The summed E-state index contributed by atoms with van der Waals surface area (Å²) in [5.41, 5.74) is 2.08. The summed E-state index contributed by atoms with van der Waals surface area (Å²) in [6.07, 6.45) is 6.00. The zero-order valence-electron chi connectivity index (χ0n) is 13.9. The number of nitriles is 1. The maximum atomic E-state index is 12.1. The quantitative estimate of drug-likeness (QED) is 0.442. The molecule has 3 N–H and O–H groups in total. The lowest BCUT2D eigenvalue weighted by Gasteiger charge is -2.31. The van der Waals surface area contributed by atoms with Crippen LogP contribution in [0.25, 0.3) is 11.1 Å². The second kappa shape index (κ2) is 6.73. The number of carbonyl (C=O) groups excluding carboxylic acids is 1. The standard InChI is InChI=1S/C19H19N5O/c1-22-18(21)24-19(12-25,16-5-6-16)17-4-2-3-14(8-17)15-7-13(9-20)10-23-11-15/h2-4,7-8,10-12,16H,5-6H2,1H3,(H3,21,22,24). The van der Waals surface area contributed by atoms with Gasteiger partial charge in [-0.15, -0.1) is 0 Å². The Morgan fingerprint density at radius 2 is 2.16 bits per heavy atom. The molecular formula is C19H19N5O. The highest BCUT2D eigenvalue weighted by atomic mass is 16.1. The van der Waals surface area contributed by atoms with Crippen LogP contribution < -0.4 is 10.6 Å². The molecule has 6 nitrogen and oxygen atoms in total. The molecule has 2 aromatic rings. The van der Waals surface area contributed by atoms with Gasteiger partial charge in [-0.25, -0.2) is 0 Å². The van der Waals surface area contributed by atoms with E-state index in [1.165, 1.54) is 6.20 Å². The van der Waals surface area contributed by atoms with Gasteiger partial charge in [0.25, 0.3) is 0 Å². The molecule has 1 aliphatic carbocycles. The summed E-state index contributed by atoms with van der Waals surface area (Å²) >= 11 is 0. The Bertz CT molecular complexity index is 853. The Balaban J connectivity index is 2.05. The highest BCUT2D eigenvalue weighted by Crippen LogP contribution is 2.45. The van der Waals surface area contributed by atoms with E-state index in [9.17, 15) is 4.79 Å². The van der Waals surface area contributed by atoms with Gasteiger partial charge >= 0.3 is 0 Å². The van der Waals surface area contributed by atoms with Crippen molar-refractivity contribution in [3.05, 3.63) is 53.9 Å². The predicted octanol–water partition coefficient (Wildman–Crippen LogP) is 2.17. The second-order valence-electron chi connectivity index (χ2n) is 6.17. The van der Waals surface area contributed by atoms with Crippen LogP contribution in [0.15, 0.2) is 42.7 Å². The third kappa shape index (κ3) is 3.22. The largest absolute Gasteiger partial charge is 0.360 e. The van der Waals surface area contributed by atoms with Gasteiger partial charge in [0.05, 0.1) is 5.56 Å². The number of nitrogens with zero attached hydrogens (tertiary/aromatic N) is 2. The van der Waals surface area contributed by atoms with Crippen molar-refractivity contribution in [3.63, 3.8) is 0 Å². The number of aromatic nitrogens is 1. The summed E-state index contributed by atoms with van der Waals surface area (Å²) in [7, 11) is 1.65. The van der Waals surface area contributed by atoms with E-state index in [0.717, 1.165) is 35.8 Å². The van der Waals surface area contributed by atoms with Crippen LogP contribution in [0.4, 0.5) is 0 Å². The molecular weight excluding hydrogens is 314 g/mol. The number of rotatable bonds is 5. The van der Waals surface area contributed by atoms with Crippen molar-refractivity contribution in [3.8, 4) is 17.2 Å². The van der Waals surface area contributed by atoms with Gasteiger partial charge in [0.1, 0.15) is 17.9 Å². The summed E-state index contributed by atoms with van der Waals surface area (Å²) in [5.74, 6) is 0.273. The van der Waals surface area contributed by atoms with Crippen molar-refractivity contribution in [2.75, 3.05) is 7.05 Å². The van der Waals surface area contributed by atoms with E-state index in [-0.39, 0.29) is 11.9 Å². The van der Waals surface area contributed by atoms with Crippen LogP contribution in [0.2, 0.25) is 0 Å². The molecule has 3 rings (SSSR count). The minimum atomic E-state index is -0.920. The molecule has 25 heavy (non-hydrogen) atoms. The third-order valence-electron chi connectivity index (χ3n) is 4.53. The lowest BCUT2D eigenvalue weighted by Crippen LogP contribution is -2.52. The third-order valence-corrected chi connectivity index (χ3v) is 4.53. The number of benzene rings is 1. The normalized spacial score (nSPS) is 15.5. The number of guanidine groups is 1. The predicted molar refractivity (Wildman–Crippen MR) is 94.8 cm³/mol. The molecule has 1 atom stereocenters. The van der Waals surface area contributed by atoms with E-state index in [2.05, 4.69) is 21.7 Å². The molecule has 1 unspecified atom stereocenters. The van der Waals surface area contributed by atoms with Crippen molar-refractivity contribution in [1.82, 2.24) is 15.6 Å². The average Bonchev–Trinajstić information content (AvgIpc) is 3.51. The highest BCUT2D eigenvalue weighted by Gasteiger charge is 2.47. The van der Waals surface area contributed by atoms with Crippen LogP contribution in [0.5, 0.6) is 0 Å². The first-order valence-corrected chi connectivity index (χ1v) is 8.10. The van der Waals surface area contributed by atoms with Crippen LogP contribution in [0, 0.1) is 22.7 Å². The van der Waals surface area contributed by atoms with Crippen LogP contribution in [0.3, 0.4) is 0 Å². The van der Waals surface area contributed by atoms with Crippen molar-refractivity contribution < 1.29 is 4.79 Å². The molecule has 1 saturated carbocycles. The molecule has 0 saturated heterocycles. The monoisotopic (exact) mass is 333 g/mol. The topological polar surface area (TPSA) is 102 Å². The van der Waals surface area contributed by atoms with Gasteiger partial charge < -0.3 is 15.4 Å². The molecule has 0 radical (unpaired) electrons. The summed E-state index contributed by atoms with van der Waals surface area (Å²) < 4.78 is 0. The molecule has 0 spiro atoms. The minimum Gasteiger partial charge on any atom is -0.360 e. The second-order valence-corrected chi connectivity index (χ2v) is 6.17. The van der Waals surface area contributed by atoms with E-state index in [0.29, 0.717) is 5.56 Å². The summed E-state index contributed by atoms with van der Waals surface area (Å²) in [6.45, 7) is 0. The zero-order chi connectivity index (χ0) is 17.9. The fourth-order valence-electron chi connectivity index (χ4n) is 3.03. The molecule has 126 valence electrons. The minimum absolute atomic E-state index is 0.109. The molecule has 0 aliphatic heterocycles. The highest BCUT2D eigenvalue weighted by molar-refractivity contribution is 5.84. The number of nitrogens with one attached hydrogen (secondary N) is 3.